The zero-order chi connectivity index (χ0) is 18.5. The van der Waals surface area contributed by atoms with Crippen LogP contribution in [0.3, 0.4) is 0 Å². The van der Waals surface area contributed by atoms with Gasteiger partial charge in [-0.2, -0.15) is 0 Å². The van der Waals surface area contributed by atoms with Crippen molar-refractivity contribution in [2.75, 3.05) is 13.7 Å². The van der Waals surface area contributed by atoms with Crippen molar-refractivity contribution in [3.05, 3.63) is 52.2 Å². The van der Waals surface area contributed by atoms with Gasteiger partial charge in [0, 0.05) is 11.4 Å². The Morgan fingerprint density at radius 1 is 1.35 bits per heavy atom. The van der Waals surface area contributed by atoms with Gasteiger partial charge in [0.15, 0.2) is 0 Å². The molecule has 1 aliphatic rings. The van der Waals surface area contributed by atoms with E-state index in [0.29, 0.717) is 0 Å². The standard InChI is InChI=1S/C19H23N3O3S/c1-25-14-8-6-13(7-9-14)16-4-2-10-22(16)18(23)12-15(21-19(20)24)17-5-3-11-26-17/h3,5-9,11,15-16H,2,4,10,12H2,1H3,(H3,20,21,24). The maximum Gasteiger partial charge on any atom is 0.312 e. The number of methoxy groups -OCH3 is 1. The molecule has 7 heteroatoms. The van der Waals surface area contributed by atoms with Crippen LogP contribution in [0.2, 0.25) is 0 Å². The van der Waals surface area contributed by atoms with Crippen LogP contribution in [0.25, 0.3) is 0 Å². The van der Waals surface area contributed by atoms with E-state index in [9.17, 15) is 9.59 Å². The van der Waals surface area contributed by atoms with E-state index < -0.39 is 12.1 Å². The van der Waals surface area contributed by atoms with Crippen LogP contribution in [0, 0.1) is 0 Å². The number of ether oxygens (including phenoxy) is 1. The van der Waals surface area contributed by atoms with Gasteiger partial charge in [-0.15, -0.1) is 11.3 Å². The second kappa shape index (κ2) is 8.23. The molecule has 0 spiro atoms. The van der Waals surface area contributed by atoms with Crippen molar-refractivity contribution < 1.29 is 14.3 Å². The average Bonchev–Trinajstić information content (AvgIpc) is 3.32. The van der Waals surface area contributed by atoms with Gasteiger partial charge in [0.1, 0.15) is 5.75 Å². The Morgan fingerprint density at radius 3 is 2.73 bits per heavy atom. The molecule has 1 fully saturated rings. The van der Waals surface area contributed by atoms with Gasteiger partial charge in [0.25, 0.3) is 0 Å². The summed E-state index contributed by atoms with van der Waals surface area (Å²) in [5, 5.41) is 4.61. The molecule has 3 rings (SSSR count). The molecule has 0 saturated carbocycles. The molecule has 0 aliphatic carbocycles. The zero-order valence-corrected chi connectivity index (χ0v) is 15.5. The number of carbonyl (C=O) groups excluding carboxylic acids is 2. The van der Waals surface area contributed by atoms with E-state index in [0.717, 1.165) is 35.6 Å². The Hall–Kier alpha value is -2.54. The molecule has 2 heterocycles. The lowest BCUT2D eigenvalue weighted by Gasteiger charge is -2.27. The van der Waals surface area contributed by atoms with Gasteiger partial charge in [-0.05, 0) is 42.0 Å². The number of likely N-dealkylation sites (tertiary alicyclic amines) is 1. The number of hydrogen-bond acceptors (Lipinski definition) is 4. The highest BCUT2D eigenvalue weighted by atomic mass is 32.1. The van der Waals surface area contributed by atoms with Crippen molar-refractivity contribution in [1.82, 2.24) is 10.2 Å². The largest absolute Gasteiger partial charge is 0.497 e. The highest BCUT2D eigenvalue weighted by Gasteiger charge is 2.31. The lowest BCUT2D eigenvalue weighted by Crippen LogP contribution is -2.38. The van der Waals surface area contributed by atoms with Crippen molar-refractivity contribution in [1.29, 1.82) is 0 Å². The van der Waals surface area contributed by atoms with Crippen molar-refractivity contribution in [2.24, 2.45) is 5.73 Å². The second-order valence-corrected chi connectivity index (χ2v) is 7.28. The SMILES string of the molecule is COc1ccc(C2CCCN2C(=O)CC(NC(N)=O)c2cccs2)cc1. The van der Waals surface area contributed by atoms with Crippen LogP contribution >= 0.6 is 11.3 Å². The predicted molar refractivity (Wildman–Crippen MR) is 101 cm³/mol. The third-order valence-corrected chi connectivity index (χ3v) is 5.64. The number of benzene rings is 1. The third-order valence-electron chi connectivity index (χ3n) is 4.66. The summed E-state index contributed by atoms with van der Waals surface area (Å²) < 4.78 is 5.21. The van der Waals surface area contributed by atoms with Gasteiger partial charge in [-0.25, -0.2) is 4.79 Å². The number of amides is 3. The number of hydrogen-bond donors (Lipinski definition) is 2. The van der Waals surface area contributed by atoms with Crippen LogP contribution in [0.5, 0.6) is 5.75 Å². The van der Waals surface area contributed by atoms with Gasteiger partial charge in [0.05, 0.1) is 25.6 Å². The molecule has 6 nitrogen and oxygen atoms in total. The molecular weight excluding hydrogens is 350 g/mol. The van der Waals surface area contributed by atoms with Gasteiger partial charge >= 0.3 is 6.03 Å². The number of urea groups is 1. The molecule has 2 unspecified atom stereocenters. The normalized spacial score (nSPS) is 17.7. The minimum absolute atomic E-state index is 0.0236. The molecule has 3 amide bonds. The number of nitrogens with zero attached hydrogens (tertiary/aromatic N) is 1. The monoisotopic (exact) mass is 373 g/mol. The van der Waals surface area contributed by atoms with Crippen molar-refractivity contribution in [3.63, 3.8) is 0 Å². The molecule has 1 saturated heterocycles. The number of primary amides is 1. The zero-order valence-electron chi connectivity index (χ0n) is 14.7. The van der Waals surface area contributed by atoms with Crippen LogP contribution in [-0.2, 0) is 4.79 Å². The van der Waals surface area contributed by atoms with Crippen molar-refractivity contribution >= 4 is 23.3 Å². The van der Waals surface area contributed by atoms with E-state index in [1.165, 1.54) is 11.3 Å². The summed E-state index contributed by atoms with van der Waals surface area (Å²) in [6.45, 7) is 0.725. The lowest BCUT2D eigenvalue weighted by molar-refractivity contribution is -0.132. The van der Waals surface area contributed by atoms with Gasteiger partial charge in [-0.1, -0.05) is 18.2 Å². The van der Waals surface area contributed by atoms with Crippen molar-refractivity contribution in [3.8, 4) is 5.75 Å². The predicted octanol–water partition coefficient (Wildman–Crippen LogP) is 3.22. The summed E-state index contributed by atoms with van der Waals surface area (Å²) in [7, 11) is 1.64. The Balaban J connectivity index is 1.73. The fraction of sp³-hybridized carbons (Fsp3) is 0.368. The van der Waals surface area contributed by atoms with Gasteiger partial charge in [-0.3, -0.25) is 4.79 Å². The van der Waals surface area contributed by atoms with E-state index in [-0.39, 0.29) is 18.4 Å². The van der Waals surface area contributed by atoms with Crippen molar-refractivity contribution in [2.45, 2.75) is 31.3 Å². The smallest absolute Gasteiger partial charge is 0.312 e. The minimum Gasteiger partial charge on any atom is -0.497 e. The van der Waals surface area contributed by atoms with Crippen LogP contribution in [0.1, 0.15) is 41.8 Å². The first-order valence-electron chi connectivity index (χ1n) is 8.61. The summed E-state index contributed by atoms with van der Waals surface area (Å²) in [5.41, 5.74) is 6.40. The Morgan fingerprint density at radius 2 is 2.12 bits per heavy atom. The summed E-state index contributed by atoms with van der Waals surface area (Å²) >= 11 is 1.50. The highest BCUT2D eigenvalue weighted by Crippen LogP contribution is 2.34. The van der Waals surface area contributed by atoms with E-state index in [4.69, 9.17) is 10.5 Å². The van der Waals surface area contributed by atoms with E-state index >= 15 is 0 Å². The van der Waals surface area contributed by atoms with Crippen LogP contribution in [-0.4, -0.2) is 30.5 Å². The number of carbonyl (C=O) groups is 2. The molecule has 0 radical (unpaired) electrons. The number of nitrogens with one attached hydrogen (secondary N) is 1. The number of rotatable bonds is 6. The van der Waals surface area contributed by atoms with E-state index in [1.807, 2.05) is 46.7 Å². The molecule has 1 aromatic carbocycles. The first-order chi connectivity index (χ1) is 12.6. The average molecular weight is 373 g/mol. The quantitative estimate of drug-likeness (QED) is 0.815. The first-order valence-corrected chi connectivity index (χ1v) is 9.49. The fourth-order valence-electron chi connectivity index (χ4n) is 3.41. The molecule has 1 aliphatic heterocycles. The molecule has 2 aromatic rings. The Bertz CT molecular complexity index is 746. The molecule has 3 N–H and O–H groups in total. The minimum atomic E-state index is -0.621. The second-order valence-electron chi connectivity index (χ2n) is 6.30. The van der Waals surface area contributed by atoms with Gasteiger partial charge in [0.2, 0.25) is 5.91 Å². The van der Waals surface area contributed by atoms with Crippen LogP contribution in [0.15, 0.2) is 41.8 Å². The Labute approximate surface area is 156 Å². The molecule has 0 bridgehead atoms. The van der Waals surface area contributed by atoms with Gasteiger partial charge < -0.3 is 20.7 Å². The lowest BCUT2D eigenvalue weighted by atomic mass is 10.0. The highest BCUT2D eigenvalue weighted by molar-refractivity contribution is 7.10. The number of nitrogens with two attached hydrogens (primary N) is 1. The third kappa shape index (κ3) is 4.16. The maximum absolute atomic E-state index is 13.0. The topological polar surface area (TPSA) is 84.7 Å². The summed E-state index contributed by atoms with van der Waals surface area (Å²) in [4.78, 5) is 27.1. The molecule has 138 valence electrons. The number of thiophene rings is 1. The van der Waals surface area contributed by atoms with Crippen LogP contribution < -0.4 is 15.8 Å². The van der Waals surface area contributed by atoms with E-state index in [2.05, 4.69) is 5.32 Å². The summed E-state index contributed by atoms with van der Waals surface area (Å²) in [6.07, 6.45) is 2.11. The Kier molecular flexibility index (Phi) is 5.78. The fourth-order valence-corrected chi connectivity index (χ4v) is 4.19. The first kappa shape index (κ1) is 18.3. The molecular formula is C19H23N3O3S. The molecule has 2 atom stereocenters. The van der Waals surface area contributed by atoms with Crippen LogP contribution in [0.4, 0.5) is 4.79 Å². The maximum atomic E-state index is 13.0. The van der Waals surface area contributed by atoms with E-state index in [1.54, 1.807) is 7.11 Å². The summed E-state index contributed by atoms with van der Waals surface area (Å²) in [6, 6.07) is 10.7. The molecule has 1 aromatic heterocycles. The molecule has 26 heavy (non-hydrogen) atoms. The summed E-state index contributed by atoms with van der Waals surface area (Å²) in [5.74, 6) is 0.823.